The first-order valence-electron chi connectivity index (χ1n) is 34.4. The smallest absolute Gasteiger partial charge is 0.331 e. The normalized spacial score (nSPS) is 40.8. The van der Waals surface area contributed by atoms with Crippen LogP contribution in [-0.4, -0.2) is 57.8 Å². The van der Waals surface area contributed by atoms with Crippen molar-refractivity contribution in [2.24, 2.45) is 56.2 Å². The van der Waals surface area contributed by atoms with Crippen LogP contribution in [0.1, 0.15) is 240 Å². The Balaban J connectivity index is 0.870. The minimum absolute atomic E-state index is 0.0758. The van der Waals surface area contributed by atoms with Gasteiger partial charge in [-0.25, -0.2) is 4.79 Å². The quantitative estimate of drug-likeness (QED) is 0.0903. The fourth-order valence-corrected chi connectivity index (χ4v) is 24.4. The van der Waals surface area contributed by atoms with E-state index in [-0.39, 0.29) is 59.5 Å². The average Bonchev–Trinajstić information content (AvgIpc) is 1.67. The van der Waals surface area contributed by atoms with Crippen LogP contribution in [0.5, 0.6) is 0 Å². The molecule has 85 heavy (non-hydrogen) atoms. The summed E-state index contributed by atoms with van der Waals surface area (Å²) in [6.45, 7) is 6.95. The molecule has 7 nitrogen and oxygen atoms in total. The number of carbonyl (C=O) groups is 2. The van der Waals surface area contributed by atoms with Gasteiger partial charge < -0.3 is 24.8 Å². The number of carbonyl (C=O) groups excluding carboxylic acids is 2. The van der Waals surface area contributed by atoms with Crippen LogP contribution in [-0.2, 0) is 30.9 Å². The number of aliphatic hydroxyl groups excluding tert-OH is 2. The van der Waals surface area contributed by atoms with Crippen molar-refractivity contribution < 1.29 is 34.4 Å². The van der Waals surface area contributed by atoms with Crippen molar-refractivity contribution in [3.05, 3.63) is 130 Å². The fourth-order valence-electron chi connectivity index (χ4n) is 24.4. The van der Waals surface area contributed by atoms with Crippen LogP contribution in [0.2, 0.25) is 0 Å². The Bertz CT molecular complexity index is 3330. The third-order valence-electron chi connectivity index (χ3n) is 27.8. The van der Waals surface area contributed by atoms with E-state index in [1.165, 1.54) is 94.4 Å². The zero-order chi connectivity index (χ0) is 58.2. The zero-order valence-corrected chi connectivity index (χ0v) is 51.5. The minimum Gasteiger partial charge on any atom is -0.462 e. The molecule has 7 heteroatoms. The number of hydrogen-bond acceptors (Lipinski definition) is 7. The van der Waals surface area contributed by atoms with Crippen molar-refractivity contribution >= 4 is 22.7 Å². The number of cyclic esters (lactones) is 1. The van der Waals surface area contributed by atoms with Gasteiger partial charge in [0.1, 0.15) is 12.7 Å². The summed E-state index contributed by atoms with van der Waals surface area (Å²) in [4.78, 5) is 27.1. The molecule has 7 saturated carbocycles. The molecule has 0 unspecified atom stereocenters. The predicted octanol–water partition coefficient (Wildman–Crippen LogP) is 16.2. The predicted molar refractivity (Wildman–Crippen MR) is 334 cm³/mol. The molecule has 3 N–H and O–H groups in total. The Morgan fingerprint density at radius 1 is 0.753 bits per heavy atom. The molecular formula is C78H96O7. The SMILES string of the molecule is C[C@H](CCCc1ccccc1)CC[C@H](O)[C@]12[C@@H](O)CC[C@@](C)([C@@H]3CC[C@@]45C[C@@]6(CCC7(CCCC7)C6)[C@H]6C[C@@]7(c8ccccc8)CCCC[C@@H]7c7ccc8cccc(c8c7[C@@H]64)[C@@H]5C3)[C@@H]1[C@H]1C[C@](C)(C#CCCC(=O)O1)[C@]2(O)CCC1=CC(=O)OC1. The summed E-state index contributed by atoms with van der Waals surface area (Å²) >= 11 is 0. The maximum atomic E-state index is 14.8. The Labute approximate surface area is 507 Å². The van der Waals surface area contributed by atoms with Gasteiger partial charge in [0, 0.05) is 30.3 Å². The molecule has 3 spiro atoms. The molecule has 11 aliphatic rings. The van der Waals surface area contributed by atoms with Crippen LogP contribution >= 0.6 is 0 Å². The van der Waals surface area contributed by atoms with E-state index in [0.29, 0.717) is 67.6 Å². The lowest BCUT2D eigenvalue weighted by molar-refractivity contribution is -0.339. The Kier molecular flexibility index (Phi) is 14.0. The molecule has 0 radical (unpaired) electrons. The van der Waals surface area contributed by atoms with Crippen LogP contribution in [0.25, 0.3) is 10.8 Å². The highest BCUT2D eigenvalue weighted by molar-refractivity contribution is 5.93. The number of esters is 2. The molecule has 2 bridgehead atoms. The molecule has 0 aromatic heterocycles. The lowest BCUT2D eigenvalue weighted by atomic mass is 9.34. The molecule has 7 fully saturated rings. The summed E-state index contributed by atoms with van der Waals surface area (Å²) in [6.07, 6.45) is 25.8. The van der Waals surface area contributed by atoms with Gasteiger partial charge in [-0.1, -0.05) is 143 Å². The van der Waals surface area contributed by atoms with Gasteiger partial charge in [-0.15, -0.1) is 5.92 Å². The molecular weight excluding hydrogens is 1050 g/mol. The van der Waals surface area contributed by atoms with Gasteiger partial charge in [-0.3, -0.25) is 4.79 Å². The van der Waals surface area contributed by atoms with E-state index in [1.807, 2.05) is 6.92 Å². The fraction of sp³-hybridized carbons (Fsp3) is 0.641. The van der Waals surface area contributed by atoms with Gasteiger partial charge in [0.2, 0.25) is 0 Å². The second-order valence-corrected chi connectivity index (χ2v) is 31.5. The molecule has 15 rings (SSSR count). The van der Waals surface area contributed by atoms with Crippen LogP contribution in [0.3, 0.4) is 0 Å². The summed E-state index contributed by atoms with van der Waals surface area (Å²) in [5.41, 5.74) is 4.64. The summed E-state index contributed by atoms with van der Waals surface area (Å²) in [5, 5.41) is 45.3. The number of hydrogen-bond donors (Lipinski definition) is 3. The Morgan fingerprint density at radius 2 is 1.55 bits per heavy atom. The average molecular weight is 1150 g/mol. The lowest BCUT2D eigenvalue weighted by Crippen LogP contribution is -2.79. The van der Waals surface area contributed by atoms with Crippen LogP contribution in [0, 0.1) is 68.0 Å². The largest absolute Gasteiger partial charge is 0.462 e. The highest BCUT2D eigenvalue weighted by Crippen LogP contribution is 2.83. The van der Waals surface area contributed by atoms with Gasteiger partial charge in [0.25, 0.3) is 0 Å². The number of ether oxygens (including phenoxy) is 2. The Morgan fingerprint density at radius 3 is 2.35 bits per heavy atom. The number of fused-ring (bicyclic) bond motifs is 8. The first-order valence-corrected chi connectivity index (χ1v) is 34.4. The molecule has 9 aliphatic carbocycles. The van der Waals surface area contributed by atoms with E-state index >= 15 is 0 Å². The number of aliphatic hydroxyl groups is 3. The topological polar surface area (TPSA) is 113 Å². The highest BCUT2D eigenvalue weighted by Gasteiger charge is 2.79. The van der Waals surface area contributed by atoms with E-state index < -0.39 is 46.1 Å². The van der Waals surface area contributed by atoms with E-state index in [4.69, 9.17) is 9.47 Å². The van der Waals surface area contributed by atoms with Crippen molar-refractivity contribution in [3.63, 3.8) is 0 Å². The molecule has 17 atom stereocenters. The first-order chi connectivity index (χ1) is 41.1. The lowest BCUT2D eigenvalue weighted by Gasteiger charge is -2.72. The third-order valence-corrected chi connectivity index (χ3v) is 27.8. The van der Waals surface area contributed by atoms with Crippen LogP contribution in [0.4, 0.5) is 0 Å². The second-order valence-electron chi connectivity index (χ2n) is 31.5. The van der Waals surface area contributed by atoms with Crippen molar-refractivity contribution in [2.75, 3.05) is 6.61 Å². The zero-order valence-electron chi connectivity index (χ0n) is 51.5. The van der Waals surface area contributed by atoms with Gasteiger partial charge in [0.05, 0.1) is 35.1 Å². The van der Waals surface area contributed by atoms with Crippen LogP contribution < -0.4 is 0 Å². The van der Waals surface area contributed by atoms with E-state index in [2.05, 4.69) is 117 Å². The number of benzene rings is 4. The summed E-state index contributed by atoms with van der Waals surface area (Å²) in [5.74, 6) is 8.06. The van der Waals surface area contributed by atoms with Crippen LogP contribution in [0.15, 0.2) is 103 Å². The molecule has 2 aliphatic heterocycles. The monoisotopic (exact) mass is 1140 g/mol. The maximum Gasteiger partial charge on any atom is 0.331 e. The van der Waals surface area contributed by atoms with E-state index in [1.54, 1.807) is 33.7 Å². The van der Waals surface area contributed by atoms with Crippen molar-refractivity contribution in [3.8, 4) is 11.8 Å². The summed E-state index contributed by atoms with van der Waals surface area (Å²) in [6, 6.07) is 35.1. The second kappa shape index (κ2) is 20.9. The van der Waals surface area contributed by atoms with E-state index in [0.717, 1.165) is 50.5 Å². The Hall–Kier alpha value is -4.74. The van der Waals surface area contributed by atoms with E-state index in [9.17, 15) is 24.9 Å². The molecule has 0 saturated heterocycles. The molecule has 2 heterocycles. The molecule has 4 aromatic carbocycles. The van der Waals surface area contributed by atoms with Gasteiger partial charge >= 0.3 is 11.9 Å². The minimum atomic E-state index is -1.74. The summed E-state index contributed by atoms with van der Waals surface area (Å²) in [7, 11) is 0. The molecule has 4 aromatic rings. The number of rotatable bonds is 13. The molecule has 0 amide bonds. The maximum absolute atomic E-state index is 14.8. The van der Waals surface area contributed by atoms with Crippen molar-refractivity contribution in [1.29, 1.82) is 0 Å². The third kappa shape index (κ3) is 8.48. The van der Waals surface area contributed by atoms with Crippen molar-refractivity contribution in [2.45, 2.75) is 248 Å². The van der Waals surface area contributed by atoms with Gasteiger partial charge in [-0.05, 0) is 237 Å². The molecule has 450 valence electrons. The first kappa shape index (κ1) is 56.7. The summed E-state index contributed by atoms with van der Waals surface area (Å²) < 4.78 is 12.5. The van der Waals surface area contributed by atoms with Gasteiger partial charge in [0.15, 0.2) is 0 Å². The van der Waals surface area contributed by atoms with Gasteiger partial charge in [-0.2, -0.15) is 0 Å². The van der Waals surface area contributed by atoms with Crippen molar-refractivity contribution in [1.82, 2.24) is 0 Å². The number of aryl methyl sites for hydroxylation is 1. The highest BCUT2D eigenvalue weighted by atomic mass is 16.5. The standard InChI is InChI=1S/C78H96O7/c1-51(18-16-21-52-19-6-4-7-20-52)28-31-63(79)78-64(80)34-39-72(3,70(78)62-47-71(2,35-12-11-27-65(81)85-62)77(78,83)41-32-53-44-66(82)84-48-53)56-33-40-76-50-74(43-42-73(49-74)36-14-15-37-73)61-46-75(55-23-8-5-9-24-55)38-13-10-26-59(75)58-30-29-54-22-17-25-57(60(76)45-56)67(54)68(58)69(61)76/h4-9,17,19-20,22-25,29-30,44,51,56,59-64,69-70,79-80,83H,10-11,13-16,18,21,26-28,31-34,36-43,45-50H2,1-3H3/t51-,56-,59-,60+,61+,62-,63+,64+,69-,70+,71+,72+,74+,75-,76+,77-,78+/m1/s1.